The predicted octanol–water partition coefficient (Wildman–Crippen LogP) is 12.8. The molecule has 3 fully saturated rings. The maximum absolute atomic E-state index is 14.8. The van der Waals surface area contributed by atoms with Crippen molar-refractivity contribution in [3.63, 3.8) is 0 Å². The van der Waals surface area contributed by atoms with Gasteiger partial charge in [-0.2, -0.15) is 0 Å². The van der Waals surface area contributed by atoms with E-state index in [2.05, 4.69) is 34.6 Å². The first-order valence-corrected chi connectivity index (χ1v) is 47.6. The number of esters is 4. The summed E-state index contributed by atoms with van der Waals surface area (Å²) in [5.41, 5.74) is 0. The van der Waals surface area contributed by atoms with Crippen molar-refractivity contribution < 1.29 is 151 Å². The minimum Gasteiger partial charge on any atom is -0.756 e. The van der Waals surface area contributed by atoms with Crippen LogP contribution >= 0.6 is 7.82 Å². The number of hydrogen-bond acceptors (Lipinski definition) is 25. The van der Waals surface area contributed by atoms with E-state index in [0.717, 1.165) is 122 Å². The van der Waals surface area contributed by atoms with Crippen molar-refractivity contribution >= 4 is 31.7 Å². The van der Waals surface area contributed by atoms with Gasteiger partial charge in [0, 0.05) is 25.7 Å². The smallest absolute Gasteiger partial charge is 0.756 e. The number of hydrogen-bond donors (Lipinski definition) is 9. The van der Waals surface area contributed by atoms with Crippen LogP contribution in [-0.2, 0) is 70.7 Å². The number of aliphatic hydroxyl groups is 9. The van der Waals surface area contributed by atoms with Gasteiger partial charge < -0.3 is 97.8 Å². The number of carbonyl (C=O) groups excluding carboxylic acids is 4. The second kappa shape index (κ2) is 69.8. The number of unbranched alkanes of at least 4 members (excludes halogenated alkanes) is 46. The molecule has 3 rings (SSSR count). The molecule has 1 unspecified atom stereocenters. The zero-order chi connectivity index (χ0) is 83.4. The molecule has 0 aromatic heterocycles. The van der Waals surface area contributed by atoms with Crippen LogP contribution in [0, 0.1) is 5.92 Å². The average Bonchev–Trinajstić information content (AvgIpc) is 0.754. The van der Waals surface area contributed by atoms with Crippen molar-refractivity contribution in [1.29, 1.82) is 0 Å². The zero-order valence-electron chi connectivity index (χ0n) is 72.5. The molecule has 0 amide bonds. The van der Waals surface area contributed by atoms with Gasteiger partial charge in [0.1, 0.15) is 92.6 Å². The van der Waals surface area contributed by atoms with Gasteiger partial charge in [-0.25, -0.2) is 0 Å². The Bertz CT molecular complexity index is 2400. The molecule has 0 aromatic rings. The topological polar surface area (TPSA) is 383 Å². The van der Waals surface area contributed by atoms with E-state index in [0.29, 0.717) is 44.4 Å². The average molecular weight is 1680 g/mol. The number of phosphoric ester groups is 1. The van der Waals surface area contributed by atoms with E-state index < -0.39 is 162 Å². The first-order valence-electron chi connectivity index (χ1n) is 46.1. The Morgan fingerprint density at radius 3 is 1.05 bits per heavy atom. The van der Waals surface area contributed by atoms with Crippen LogP contribution in [-0.4, -0.2) is 200 Å². The fourth-order valence-electron chi connectivity index (χ4n) is 15.6. The molecule has 1 aliphatic carbocycles. The molecule has 27 heteroatoms. The molecule has 19 atom stereocenters. The van der Waals surface area contributed by atoms with Crippen molar-refractivity contribution in [1.82, 2.24) is 0 Å². The molecule has 9 N–H and O–H groups in total. The summed E-state index contributed by atoms with van der Waals surface area (Å²) in [7, 11) is -6.05. The number of rotatable bonds is 74. The largest absolute Gasteiger partial charge is 1.00 e. The van der Waals surface area contributed by atoms with Crippen LogP contribution < -0.4 is 34.5 Å². The zero-order valence-corrected chi connectivity index (χ0v) is 75.4. The van der Waals surface area contributed by atoms with E-state index in [9.17, 15) is 74.6 Å². The molecule has 0 bridgehead atoms. The van der Waals surface area contributed by atoms with Crippen LogP contribution in [0.25, 0.3) is 0 Å². The first-order chi connectivity index (χ1) is 55.1. The Labute approximate surface area is 715 Å². The normalized spacial score (nSPS) is 25.4. The molecule has 2 heterocycles. The fourth-order valence-corrected chi connectivity index (χ4v) is 16.5. The van der Waals surface area contributed by atoms with Crippen LogP contribution in [0.15, 0.2) is 0 Å². The molecule has 672 valence electrons. The Morgan fingerprint density at radius 1 is 0.357 bits per heavy atom. The van der Waals surface area contributed by atoms with Crippen molar-refractivity contribution in [3.05, 3.63) is 0 Å². The number of ether oxygens (including phenoxy) is 8. The minimum absolute atomic E-state index is 0. The van der Waals surface area contributed by atoms with Crippen LogP contribution in [0.1, 0.15) is 401 Å². The number of carbonyl (C=O) groups is 4. The number of aliphatic hydroxyl groups excluding tert-OH is 9. The van der Waals surface area contributed by atoms with Gasteiger partial charge in [0.25, 0.3) is 7.82 Å². The van der Waals surface area contributed by atoms with Crippen LogP contribution in [0.2, 0.25) is 0 Å². The molecule has 0 spiro atoms. The van der Waals surface area contributed by atoms with E-state index in [4.69, 9.17) is 46.9 Å². The molecular weight excluding hydrogens is 1510 g/mol. The quantitative estimate of drug-likeness (QED) is 0.00898. The Kier molecular flexibility index (Phi) is 66.5. The van der Waals surface area contributed by atoms with E-state index >= 15 is 0 Å². The van der Waals surface area contributed by atoms with Crippen LogP contribution in [0.3, 0.4) is 0 Å². The molecule has 25 nitrogen and oxygen atoms in total. The third-order valence-electron chi connectivity index (χ3n) is 23.0. The third kappa shape index (κ3) is 50.1. The van der Waals surface area contributed by atoms with Gasteiger partial charge in [0.2, 0.25) is 0 Å². The monoisotopic (exact) mass is 1680 g/mol. The SMILES string of the molecule is CCCCCCCCCCCCCCCC(=O)OC[C@H]1O[C@H](O[C@H]2[C@H](OP(=O)([O-])OC[C@@H](COC(=O)CCCCCCCC[C@@H](C)CCCCCCCC)OC(=O)CCCCCCCCCCCCCCC)[C@H](O[C@H]3O[C@H](CO)[C@@H](O)[C@H](O)[C@@H]3O)[C@H](O)[C@@H](O)[C@@H]2OC(=O)CCCCCCCCCCCCCCC)[C@@H](O)[C@@H](O)[C@@H]1O.[Na+]. The molecule has 0 radical (unpaired) electrons. The summed E-state index contributed by atoms with van der Waals surface area (Å²) in [6.07, 6.45) is 20.5. The number of phosphoric acid groups is 1. The van der Waals surface area contributed by atoms with Gasteiger partial charge in [0.05, 0.1) is 13.2 Å². The van der Waals surface area contributed by atoms with E-state index in [1.807, 2.05) is 0 Å². The van der Waals surface area contributed by atoms with E-state index in [-0.39, 0.29) is 55.2 Å². The summed E-state index contributed by atoms with van der Waals surface area (Å²) < 4.78 is 72.9. The summed E-state index contributed by atoms with van der Waals surface area (Å²) in [5.74, 6) is -2.32. The van der Waals surface area contributed by atoms with Crippen LogP contribution in [0.5, 0.6) is 0 Å². The van der Waals surface area contributed by atoms with Crippen LogP contribution in [0.4, 0.5) is 0 Å². The second-order valence-corrected chi connectivity index (χ2v) is 34.8. The molecule has 2 aliphatic heterocycles. The van der Waals surface area contributed by atoms with Gasteiger partial charge in [-0.3, -0.25) is 23.7 Å². The Hall–Kier alpha value is -1.53. The van der Waals surface area contributed by atoms with Crippen molar-refractivity contribution in [2.75, 3.05) is 26.4 Å². The van der Waals surface area contributed by atoms with Crippen molar-refractivity contribution in [2.45, 2.75) is 505 Å². The molecule has 3 aliphatic rings. The summed E-state index contributed by atoms with van der Waals surface area (Å²) in [5, 5.41) is 102. The van der Waals surface area contributed by atoms with Crippen molar-refractivity contribution in [2.24, 2.45) is 5.92 Å². The fraction of sp³-hybridized carbons (Fsp3) is 0.955. The minimum atomic E-state index is -6.05. The Morgan fingerprint density at radius 2 is 0.670 bits per heavy atom. The van der Waals surface area contributed by atoms with E-state index in [1.165, 1.54) is 180 Å². The Balaban J connectivity index is 0.0000449. The maximum Gasteiger partial charge on any atom is 1.00 e. The molecular formula is C88H164NaO25P. The summed E-state index contributed by atoms with van der Waals surface area (Å²) in [6, 6.07) is 0. The second-order valence-electron chi connectivity index (χ2n) is 33.4. The standard InChI is InChI=1S/C88H165O25P.Na/c1-6-10-14-18-22-25-28-31-34-37-40-47-54-60-72(91)105-66-70-76(95)78(97)82(101)88(109-70)112-85-83(110-74(93)62-56-50-42-39-36-33-30-27-24-20-16-12-8-3)79(98)80(99)84(111-87-81(100)77(96)75(94)69(63-89)108-87)86(85)113-114(102,103)106-65-68(107-73(92)61-55-49-41-38-35-32-29-26-23-19-15-11-7-2)64-104-71(90)59-53-48-44-43-46-52-58-67(5)57-51-45-21-17-13-9-4;/h67-70,75-89,94-101H,6-66H2,1-5H3,(H,102,103);/q;+1/p-1/t67-,68+,69+,70+,75+,76+,77-,78-,79+,80+,81-,82-,83-,84+,85+,86+,87+,88+;/m0./s1. The van der Waals surface area contributed by atoms with Gasteiger partial charge in [-0.05, 0) is 31.6 Å². The van der Waals surface area contributed by atoms with Gasteiger partial charge in [0.15, 0.2) is 24.8 Å². The van der Waals surface area contributed by atoms with Gasteiger partial charge in [-0.15, -0.1) is 0 Å². The maximum atomic E-state index is 14.8. The van der Waals surface area contributed by atoms with E-state index in [1.54, 1.807) is 0 Å². The van der Waals surface area contributed by atoms with Gasteiger partial charge >= 0.3 is 53.4 Å². The molecule has 115 heavy (non-hydrogen) atoms. The third-order valence-corrected chi connectivity index (χ3v) is 24.0. The molecule has 1 saturated carbocycles. The first kappa shape index (κ1) is 110. The summed E-state index contributed by atoms with van der Waals surface area (Å²) >= 11 is 0. The van der Waals surface area contributed by atoms with Gasteiger partial charge in [-0.1, -0.05) is 349 Å². The summed E-state index contributed by atoms with van der Waals surface area (Å²) in [4.78, 5) is 69.1. The van der Waals surface area contributed by atoms with Crippen molar-refractivity contribution in [3.8, 4) is 0 Å². The summed E-state index contributed by atoms with van der Waals surface area (Å²) in [6.45, 7) is 7.81. The molecule has 0 aromatic carbocycles. The predicted molar refractivity (Wildman–Crippen MR) is 437 cm³/mol. The molecule has 2 saturated heterocycles.